The van der Waals surface area contributed by atoms with Crippen molar-refractivity contribution in [2.75, 3.05) is 26.9 Å². The van der Waals surface area contributed by atoms with Gasteiger partial charge in [-0.2, -0.15) is 0 Å². The highest BCUT2D eigenvalue weighted by molar-refractivity contribution is 5.32. The molecular weight excluding hydrogens is 221 g/mol. The third-order valence-electron chi connectivity index (χ3n) is 2.44. The maximum Gasteiger partial charge on any atom is 0.123 e. The summed E-state index contributed by atoms with van der Waals surface area (Å²) in [7, 11) is 1.66. The molecule has 0 radical (unpaired) electrons. The van der Waals surface area contributed by atoms with Crippen LogP contribution in [0.25, 0.3) is 0 Å². The number of halogens is 1. The Balaban J connectivity index is 2.52. The molecule has 0 amide bonds. The van der Waals surface area contributed by atoms with Gasteiger partial charge in [-0.15, -0.1) is 0 Å². The summed E-state index contributed by atoms with van der Waals surface area (Å²) in [5.41, 5.74) is 0.803. The molecule has 0 fully saturated rings. The van der Waals surface area contributed by atoms with Crippen molar-refractivity contribution in [3.63, 3.8) is 0 Å². The molecular formula is C13H20FNO2. The topological polar surface area (TPSA) is 30.5 Å². The summed E-state index contributed by atoms with van der Waals surface area (Å²) in [4.78, 5) is 0. The molecule has 0 saturated carbocycles. The van der Waals surface area contributed by atoms with Gasteiger partial charge in [0.25, 0.3) is 0 Å². The standard InChI is InChI=1S/C13H20FNO2/c1-4-15-12(8-16-3)9-17-13-6-5-11(14)7-10(13)2/h5-7,12,15H,4,8-9H2,1-3H3. The molecule has 3 nitrogen and oxygen atoms in total. The average molecular weight is 241 g/mol. The summed E-state index contributed by atoms with van der Waals surface area (Å²) < 4.78 is 23.6. The summed E-state index contributed by atoms with van der Waals surface area (Å²) in [6.07, 6.45) is 0. The predicted octanol–water partition coefficient (Wildman–Crippen LogP) is 2.14. The van der Waals surface area contributed by atoms with E-state index in [-0.39, 0.29) is 11.9 Å². The fourth-order valence-electron chi connectivity index (χ4n) is 1.62. The Kier molecular flexibility index (Phi) is 5.94. The molecule has 1 aromatic carbocycles. The van der Waals surface area contributed by atoms with Crippen LogP contribution < -0.4 is 10.1 Å². The van der Waals surface area contributed by atoms with Crippen LogP contribution in [0.5, 0.6) is 5.75 Å². The first-order valence-corrected chi connectivity index (χ1v) is 5.78. The summed E-state index contributed by atoms with van der Waals surface area (Å²) in [6.45, 7) is 5.82. The van der Waals surface area contributed by atoms with Crippen molar-refractivity contribution in [2.24, 2.45) is 0 Å². The van der Waals surface area contributed by atoms with E-state index >= 15 is 0 Å². The van der Waals surface area contributed by atoms with E-state index in [2.05, 4.69) is 5.32 Å². The number of likely N-dealkylation sites (N-methyl/N-ethyl adjacent to an activating group) is 1. The van der Waals surface area contributed by atoms with E-state index in [1.54, 1.807) is 13.2 Å². The van der Waals surface area contributed by atoms with Crippen molar-refractivity contribution in [2.45, 2.75) is 19.9 Å². The summed E-state index contributed by atoms with van der Waals surface area (Å²) in [5.74, 6) is 0.473. The third kappa shape index (κ3) is 4.71. The van der Waals surface area contributed by atoms with Gasteiger partial charge in [0.15, 0.2) is 0 Å². The number of hydrogen-bond donors (Lipinski definition) is 1. The van der Waals surface area contributed by atoms with Gasteiger partial charge in [0.2, 0.25) is 0 Å². The van der Waals surface area contributed by atoms with Crippen molar-refractivity contribution >= 4 is 0 Å². The Morgan fingerprint density at radius 3 is 2.71 bits per heavy atom. The minimum Gasteiger partial charge on any atom is -0.492 e. The van der Waals surface area contributed by atoms with Crippen LogP contribution in [0.3, 0.4) is 0 Å². The van der Waals surface area contributed by atoms with E-state index in [4.69, 9.17) is 9.47 Å². The van der Waals surface area contributed by atoms with Gasteiger partial charge in [0.05, 0.1) is 12.6 Å². The van der Waals surface area contributed by atoms with Gasteiger partial charge < -0.3 is 14.8 Å². The fourth-order valence-corrected chi connectivity index (χ4v) is 1.62. The SMILES string of the molecule is CCNC(COC)COc1ccc(F)cc1C. The second-order valence-corrected chi connectivity index (χ2v) is 3.93. The van der Waals surface area contributed by atoms with E-state index in [1.165, 1.54) is 12.1 Å². The molecule has 0 aliphatic carbocycles. The first-order chi connectivity index (χ1) is 8.17. The largest absolute Gasteiger partial charge is 0.492 e. The highest BCUT2D eigenvalue weighted by Gasteiger charge is 2.09. The zero-order valence-electron chi connectivity index (χ0n) is 10.6. The third-order valence-corrected chi connectivity index (χ3v) is 2.44. The lowest BCUT2D eigenvalue weighted by atomic mass is 10.2. The second-order valence-electron chi connectivity index (χ2n) is 3.93. The molecule has 1 N–H and O–H groups in total. The number of hydrogen-bond acceptors (Lipinski definition) is 3. The predicted molar refractivity (Wildman–Crippen MR) is 66.0 cm³/mol. The van der Waals surface area contributed by atoms with Gasteiger partial charge in [0.1, 0.15) is 18.2 Å². The minimum absolute atomic E-state index is 0.148. The molecule has 1 atom stereocenters. The Hall–Kier alpha value is -1.13. The summed E-state index contributed by atoms with van der Waals surface area (Å²) in [6, 6.07) is 4.67. The van der Waals surface area contributed by atoms with Gasteiger partial charge in [-0.1, -0.05) is 6.92 Å². The normalized spacial score (nSPS) is 12.5. The number of nitrogens with one attached hydrogen (secondary N) is 1. The molecule has 1 unspecified atom stereocenters. The number of aryl methyl sites for hydroxylation is 1. The van der Waals surface area contributed by atoms with Crippen molar-refractivity contribution in [1.82, 2.24) is 5.32 Å². The van der Waals surface area contributed by atoms with Crippen molar-refractivity contribution < 1.29 is 13.9 Å². The molecule has 0 spiro atoms. The molecule has 1 aromatic rings. The van der Waals surface area contributed by atoms with Gasteiger partial charge in [-0.05, 0) is 37.2 Å². The molecule has 0 bridgehead atoms. The van der Waals surface area contributed by atoms with Gasteiger partial charge in [-0.25, -0.2) is 4.39 Å². The van der Waals surface area contributed by atoms with E-state index < -0.39 is 0 Å². The molecule has 1 rings (SSSR count). The maximum absolute atomic E-state index is 12.9. The highest BCUT2D eigenvalue weighted by atomic mass is 19.1. The van der Waals surface area contributed by atoms with Crippen LogP contribution in [0, 0.1) is 12.7 Å². The lowest BCUT2D eigenvalue weighted by Gasteiger charge is -2.18. The average Bonchev–Trinajstić information content (AvgIpc) is 2.28. The van der Waals surface area contributed by atoms with Crippen LogP contribution in [0.2, 0.25) is 0 Å². The number of ether oxygens (including phenoxy) is 2. The molecule has 0 aromatic heterocycles. The van der Waals surface area contributed by atoms with Crippen LogP contribution in [-0.4, -0.2) is 32.9 Å². The molecule has 0 aliphatic heterocycles. The zero-order valence-corrected chi connectivity index (χ0v) is 10.6. The fraction of sp³-hybridized carbons (Fsp3) is 0.538. The summed E-state index contributed by atoms with van der Waals surface area (Å²) in [5, 5.41) is 3.26. The highest BCUT2D eigenvalue weighted by Crippen LogP contribution is 2.18. The van der Waals surface area contributed by atoms with Crippen LogP contribution >= 0.6 is 0 Å². The van der Waals surface area contributed by atoms with Crippen LogP contribution in [0.15, 0.2) is 18.2 Å². The monoisotopic (exact) mass is 241 g/mol. The van der Waals surface area contributed by atoms with Crippen LogP contribution in [0.1, 0.15) is 12.5 Å². The molecule has 0 aliphatic rings. The van der Waals surface area contributed by atoms with Crippen LogP contribution in [-0.2, 0) is 4.74 Å². The molecule has 96 valence electrons. The molecule has 0 saturated heterocycles. The quantitative estimate of drug-likeness (QED) is 0.793. The van der Waals surface area contributed by atoms with E-state index in [9.17, 15) is 4.39 Å². The maximum atomic E-state index is 12.9. The van der Waals surface area contributed by atoms with Gasteiger partial charge in [0, 0.05) is 7.11 Å². The minimum atomic E-state index is -0.241. The summed E-state index contributed by atoms with van der Waals surface area (Å²) >= 11 is 0. The lowest BCUT2D eigenvalue weighted by Crippen LogP contribution is -2.38. The van der Waals surface area contributed by atoms with Crippen molar-refractivity contribution in [1.29, 1.82) is 0 Å². The zero-order chi connectivity index (χ0) is 12.7. The Labute approximate surface area is 102 Å². The van der Waals surface area contributed by atoms with E-state index in [0.29, 0.717) is 19.0 Å². The first kappa shape index (κ1) is 13.9. The van der Waals surface area contributed by atoms with Crippen LogP contribution in [0.4, 0.5) is 4.39 Å². The van der Waals surface area contributed by atoms with Gasteiger partial charge in [-0.3, -0.25) is 0 Å². The van der Waals surface area contributed by atoms with Crippen molar-refractivity contribution in [3.05, 3.63) is 29.6 Å². The lowest BCUT2D eigenvalue weighted by molar-refractivity contribution is 0.136. The van der Waals surface area contributed by atoms with E-state index in [1.807, 2.05) is 13.8 Å². The van der Waals surface area contributed by atoms with E-state index in [0.717, 1.165) is 12.1 Å². The first-order valence-electron chi connectivity index (χ1n) is 5.78. The number of benzene rings is 1. The number of methoxy groups -OCH3 is 1. The molecule has 0 heterocycles. The Bertz CT molecular complexity index is 338. The number of rotatable bonds is 7. The van der Waals surface area contributed by atoms with Gasteiger partial charge >= 0.3 is 0 Å². The Morgan fingerprint density at radius 1 is 1.35 bits per heavy atom. The molecule has 17 heavy (non-hydrogen) atoms. The van der Waals surface area contributed by atoms with Crippen molar-refractivity contribution in [3.8, 4) is 5.75 Å². The smallest absolute Gasteiger partial charge is 0.123 e. The molecule has 4 heteroatoms. The second kappa shape index (κ2) is 7.25. The Morgan fingerprint density at radius 2 is 2.12 bits per heavy atom.